The molecule has 2 heterocycles. The van der Waals surface area contributed by atoms with E-state index in [2.05, 4.69) is 20.6 Å². The molecule has 2 aromatic rings. The van der Waals surface area contributed by atoms with Crippen molar-refractivity contribution < 1.29 is 14.2 Å². The maximum atomic E-state index is 5.41. The van der Waals surface area contributed by atoms with Crippen molar-refractivity contribution in [3.63, 3.8) is 0 Å². The van der Waals surface area contributed by atoms with Gasteiger partial charge in [0.2, 0.25) is 12.7 Å². The van der Waals surface area contributed by atoms with Crippen molar-refractivity contribution in [2.75, 3.05) is 20.4 Å². The molecular formula is C18H23IN4O3. The van der Waals surface area contributed by atoms with Gasteiger partial charge in [-0.2, -0.15) is 0 Å². The molecule has 0 fully saturated rings. The first-order chi connectivity index (χ1) is 12.3. The van der Waals surface area contributed by atoms with E-state index in [9.17, 15) is 0 Å². The van der Waals surface area contributed by atoms with E-state index in [1.54, 1.807) is 13.2 Å². The topological polar surface area (TPSA) is 77.0 Å². The Labute approximate surface area is 170 Å². The molecule has 7 nitrogen and oxygen atoms in total. The van der Waals surface area contributed by atoms with E-state index >= 15 is 0 Å². The van der Waals surface area contributed by atoms with Gasteiger partial charge in [0.15, 0.2) is 17.5 Å². The number of nitrogens with one attached hydrogen (secondary N) is 2. The summed E-state index contributed by atoms with van der Waals surface area (Å²) in [5.41, 5.74) is 2.17. The highest BCUT2D eigenvalue weighted by atomic mass is 127. The number of nitrogens with zero attached hydrogens (tertiary/aromatic N) is 2. The van der Waals surface area contributed by atoms with E-state index in [4.69, 9.17) is 14.2 Å². The van der Waals surface area contributed by atoms with Crippen LogP contribution in [-0.2, 0) is 13.1 Å². The summed E-state index contributed by atoms with van der Waals surface area (Å²) in [4.78, 5) is 8.40. The molecule has 1 aromatic heterocycles. The zero-order valence-electron chi connectivity index (χ0n) is 14.8. The minimum Gasteiger partial charge on any atom is -0.478 e. The number of aromatic nitrogens is 1. The lowest BCUT2D eigenvalue weighted by atomic mass is 10.2. The molecule has 8 heteroatoms. The zero-order valence-corrected chi connectivity index (χ0v) is 17.2. The number of hydrogen-bond acceptors (Lipinski definition) is 5. The Kier molecular flexibility index (Phi) is 7.76. The van der Waals surface area contributed by atoms with Crippen LogP contribution in [0, 0.1) is 0 Å². The van der Waals surface area contributed by atoms with E-state index in [1.807, 2.05) is 37.3 Å². The molecule has 0 spiro atoms. The van der Waals surface area contributed by atoms with Crippen LogP contribution in [0.15, 0.2) is 41.5 Å². The van der Waals surface area contributed by atoms with Crippen LogP contribution in [0.25, 0.3) is 0 Å². The molecule has 0 radical (unpaired) electrons. The van der Waals surface area contributed by atoms with E-state index in [1.165, 1.54) is 0 Å². The highest BCUT2D eigenvalue weighted by Crippen LogP contribution is 2.32. The number of pyridine rings is 1. The van der Waals surface area contributed by atoms with Gasteiger partial charge >= 0.3 is 0 Å². The van der Waals surface area contributed by atoms with E-state index in [0.29, 0.717) is 31.5 Å². The molecule has 2 N–H and O–H groups in total. The third-order valence-corrected chi connectivity index (χ3v) is 3.67. The summed E-state index contributed by atoms with van der Waals surface area (Å²) in [7, 11) is 1.74. The summed E-state index contributed by atoms with van der Waals surface area (Å²) in [6.07, 6.45) is 1.74. The average molecular weight is 470 g/mol. The van der Waals surface area contributed by atoms with Crippen LogP contribution in [0.1, 0.15) is 18.1 Å². The summed E-state index contributed by atoms with van der Waals surface area (Å²) in [5, 5.41) is 6.56. The molecule has 0 aliphatic carbocycles. The van der Waals surface area contributed by atoms with E-state index < -0.39 is 0 Å². The number of aliphatic imine (C=N–C) groups is 1. The van der Waals surface area contributed by atoms with Crippen molar-refractivity contribution in [3.8, 4) is 17.4 Å². The predicted octanol–water partition coefficient (Wildman–Crippen LogP) is 2.69. The zero-order chi connectivity index (χ0) is 17.5. The summed E-state index contributed by atoms with van der Waals surface area (Å²) >= 11 is 0. The smallest absolute Gasteiger partial charge is 0.231 e. The van der Waals surface area contributed by atoms with E-state index in [-0.39, 0.29) is 30.8 Å². The fourth-order valence-electron chi connectivity index (χ4n) is 2.43. The largest absolute Gasteiger partial charge is 0.478 e. The predicted molar refractivity (Wildman–Crippen MR) is 110 cm³/mol. The molecular weight excluding hydrogens is 447 g/mol. The van der Waals surface area contributed by atoms with Crippen LogP contribution < -0.4 is 24.8 Å². The fraction of sp³-hybridized carbons (Fsp3) is 0.333. The van der Waals surface area contributed by atoms with Gasteiger partial charge in [-0.15, -0.1) is 24.0 Å². The van der Waals surface area contributed by atoms with Gasteiger partial charge in [-0.3, -0.25) is 4.99 Å². The highest BCUT2D eigenvalue weighted by Gasteiger charge is 2.13. The Morgan fingerprint density at radius 3 is 2.58 bits per heavy atom. The first-order valence-electron chi connectivity index (χ1n) is 8.19. The van der Waals surface area contributed by atoms with Crippen LogP contribution in [0.4, 0.5) is 0 Å². The first kappa shape index (κ1) is 20.1. The number of hydrogen-bond donors (Lipinski definition) is 2. The molecule has 3 rings (SSSR count). The molecule has 1 aliphatic heterocycles. The highest BCUT2D eigenvalue weighted by molar-refractivity contribution is 14.0. The molecule has 140 valence electrons. The Bertz CT molecular complexity index is 755. The molecule has 0 bridgehead atoms. The van der Waals surface area contributed by atoms with Crippen molar-refractivity contribution >= 4 is 29.9 Å². The Morgan fingerprint density at radius 1 is 1.12 bits per heavy atom. The van der Waals surface area contributed by atoms with Gasteiger partial charge in [-0.1, -0.05) is 6.07 Å². The number of guanidine groups is 1. The van der Waals surface area contributed by atoms with Gasteiger partial charge in [0.1, 0.15) is 0 Å². The third kappa shape index (κ3) is 5.38. The van der Waals surface area contributed by atoms with Crippen LogP contribution in [0.2, 0.25) is 0 Å². The average Bonchev–Trinajstić information content (AvgIpc) is 3.10. The van der Waals surface area contributed by atoms with Crippen molar-refractivity contribution in [1.82, 2.24) is 15.6 Å². The second-order valence-electron chi connectivity index (χ2n) is 5.40. The Hall–Kier alpha value is -2.23. The van der Waals surface area contributed by atoms with Crippen LogP contribution in [-0.4, -0.2) is 31.4 Å². The second-order valence-corrected chi connectivity index (χ2v) is 5.40. The number of benzene rings is 1. The van der Waals surface area contributed by atoms with Crippen molar-refractivity contribution in [2.45, 2.75) is 20.0 Å². The van der Waals surface area contributed by atoms with E-state index in [0.717, 1.165) is 22.6 Å². The standard InChI is InChI=1S/C18H22N4O3.HI/c1-3-23-17-9-14(6-7-20-17)11-22-18(19-2)21-10-13-4-5-15-16(8-13)25-12-24-15;/h4-9H,3,10-12H2,1-2H3,(H2,19,21,22);1H. The number of ether oxygens (including phenoxy) is 3. The molecule has 0 saturated heterocycles. The van der Waals surface area contributed by atoms with Gasteiger partial charge in [0.25, 0.3) is 0 Å². The third-order valence-electron chi connectivity index (χ3n) is 3.67. The van der Waals surface area contributed by atoms with Gasteiger partial charge in [0, 0.05) is 32.4 Å². The molecule has 1 aromatic carbocycles. The summed E-state index contributed by atoms with van der Waals surface area (Å²) in [5.74, 6) is 2.91. The molecule has 1 aliphatic rings. The van der Waals surface area contributed by atoms with Crippen molar-refractivity contribution in [2.24, 2.45) is 4.99 Å². The SMILES string of the molecule is CCOc1cc(CNC(=NC)NCc2ccc3c(c2)OCO3)ccn1.I. The van der Waals surface area contributed by atoms with Crippen LogP contribution in [0.5, 0.6) is 17.4 Å². The maximum absolute atomic E-state index is 5.41. The van der Waals surface area contributed by atoms with Gasteiger partial charge in [-0.25, -0.2) is 4.98 Å². The quantitative estimate of drug-likeness (QED) is 0.384. The van der Waals surface area contributed by atoms with Gasteiger partial charge < -0.3 is 24.8 Å². The lowest BCUT2D eigenvalue weighted by molar-refractivity contribution is 0.174. The van der Waals surface area contributed by atoms with Crippen molar-refractivity contribution in [3.05, 3.63) is 47.7 Å². The minimum atomic E-state index is 0. The van der Waals surface area contributed by atoms with Crippen LogP contribution >= 0.6 is 24.0 Å². The lowest BCUT2D eigenvalue weighted by Crippen LogP contribution is -2.36. The molecule has 0 atom stereocenters. The molecule has 26 heavy (non-hydrogen) atoms. The van der Waals surface area contributed by atoms with Gasteiger partial charge in [0.05, 0.1) is 6.61 Å². The lowest BCUT2D eigenvalue weighted by Gasteiger charge is -2.12. The normalized spacial score (nSPS) is 12.3. The van der Waals surface area contributed by atoms with Crippen LogP contribution in [0.3, 0.4) is 0 Å². The summed E-state index contributed by atoms with van der Waals surface area (Å²) < 4.78 is 16.1. The molecule has 0 unspecified atom stereocenters. The Balaban J connectivity index is 0.00000243. The number of fused-ring (bicyclic) bond motifs is 1. The summed E-state index contributed by atoms with van der Waals surface area (Å²) in [6, 6.07) is 9.76. The minimum absolute atomic E-state index is 0. The maximum Gasteiger partial charge on any atom is 0.231 e. The molecule has 0 amide bonds. The fourth-order valence-corrected chi connectivity index (χ4v) is 2.43. The molecule has 0 saturated carbocycles. The Morgan fingerprint density at radius 2 is 1.85 bits per heavy atom. The number of rotatable bonds is 6. The first-order valence-corrected chi connectivity index (χ1v) is 8.19. The monoisotopic (exact) mass is 470 g/mol. The van der Waals surface area contributed by atoms with Crippen molar-refractivity contribution in [1.29, 1.82) is 0 Å². The van der Waals surface area contributed by atoms with Gasteiger partial charge in [-0.05, 0) is 36.2 Å². The number of halogens is 1. The summed E-state index contributed by atoms with van der Waals surface area (Å²) in [6.45, 7) is 4.09. The second kappa shape index (κ2) is 10.0.